The van der Waals surface area contributed by atoms with Gasteiger partial charge in [0.2, 0.25) is 5.91 Å². The minimum Gasteiger partial charge on any atom is -0.273 e. The van der Waals surface area contributed by atoms with Gasteiger partial charge in [0.25, 0.3) is 5.69 Å². The molecule has 1 amide bonds. The van der Waals surface area contributed by atoms with Gasteiger partial charge in [-0.2, -0.15) is 5.10 Å². The van der Waals surface area contributed by atoms with Gasteiger partial charge in [-0.1, -0.05) is 56.6 Å². The van der Waals surface area contributed by atoms with Gasteiger partial charge >= 0.3 is 0 Å². The average Bonchev–Trinajstić information content (AvgIpc) is 2.56. The van der Waals surface area contributed by atoms with Crippen molar-refractivity contribution in [3.8, 4) is 0 Å². The van der Waals surface area contributed by atoms with Crippen molar-refractivity contribution >= 4 is 29.4 Å². The van der Waals surface area contributed by atoms with Crippen molar-refractivity contribution in [3.63, 3.8) is 0 Å². The topological polar surface area (TPSA) is 84.6 Å². The number of benzene rings is 2. The molecule has 0 saturated carbocycles. The fourth-order valence-electron chi connectivity index (χ4n) is 2.26. The van der Waals surface area contributed by atoms with Gasteiger partial charge in [0, 0.05) is 22.7 Å². The van der Waals surface area contributed by atoms with E-state index in [0.29, 0.717) is 10.6 Å². The molecule has 136 valence electrons. The van der Waals surface area contributed by atoms with Crippen LogP contribution in [0, 0.1) is 10.1 Å². The summed E-state index contributed by atoms with van der Waals surface area (Å²) in [5, 5.41) is 14.9. The molecule has 0 aromatic heterocycles. The molecule has 2 aromatic rings. The minimum atomic E-state index is -0.520. The number of non-ortho nitro benzene ring substituents is 1. The van der Waals surface area contributed by atoms with Gasteiger partial charge in [-0.15, -0.1) is 0 Å². The molecule has 2 aromatic carbocycles. The Morgan fingerprint density at radius 2 is 1.88 bits per heavy atom. The lowest BCUT2D eigenvalue weighted by atomic mass is 9.86. The second-order valence-electron chi connectivity index (χ2n) is 6.88. The highest BCUT2D eigenvalue weighted by atomic mass is 35.5. The first-order chi connectivity index (χ1) is 12.2. The summed E-state index contributed by atoms with van der Waals surface area (Å²) in [7, 11) is 0. The van der Waals surface area contributed by atoms with Crippen molar-refractivity contribution in [2.75, 3.05) is 0 Å². The molecule has 1 N–H and O–H groups in total. The number of carbonyl (C=O) groups is 1. The number of nitrogens with one attached hydrogen (secondary N) is 1. The summed E-state index contributed by atoms with van der Waals surface area (Å²) in [6.07, 6.45) is 1.47. The highest BCUT2D eigenvalue weighted by Crippen LogP contribution is 2.22. The molecule has 7 heteroatoms. The van der Waals surface area contributed by atoms with Crippen LogP contribution in [0.2, 0.25) is 5.02 Å². The van der Waals surface area contributed by atoms with Gasteiger partial charge in [0.15, 0.2) is 0 Å². The molecule has 0 atom stereocenters. The van der Waals surface area contributed by atoms with E-state index < -0.39 is 4.92 Å². The van der Waals surface area contributed by atoms with E-state index in [0.717, 1.165) is 5.56 Å². The lowest BCUT2D eigenvalue weighted by Crippen LogP contribution is -2.20. The third-order valence-electron chi connectivity index (χ3n) is 3.77. The normalized spacial score (nSPS) is 11.5. The first-order valence-electron chi connectivity index (χ1n) is 8.02. The average molecular weight is 374 g/mol. The lowest BCUT2D eigenvalue weighted by Gasteiger charge is -2.19. The molecule has 0 radical (unpaired) electrons. The van der Waals surface area contributed by atoms with Gasteiger partial charge in [-0.05, 0) is 22.6 Å². The van der Waals surface area contributed by atoms with E-state index in [2.05, 4.69) is 31.3 Å². The first-order valence-corrected chi connectivity index (χ1v) is 8.40. The van der Waals surface area contributed by atoms with Crippen LogP contribution >= 0.6 is 11.6 Å². The number of hydrogen-bond donors (Lipinski definition) is 1. The molecule has 0 fully saturated rings. The number of carbonyl (C=O) groups excluding carboxylic acids is 1. The molecule has 0 saturated heterocycles. The summed E-state index contributed by atoms with van der Waals surface area (Å²) < 4.78 is 0. The second-order valence-corrected chi connectivity index (χ2v) is 7.29. The molecular formula is C19H20ClN3O3. The number of nitro benzene ring substituents is 1. The maximum Gasteiger partial charge on any atom is 0.270 e. The van der Waals surface area contributed by atoms with Crippen LogP contribution in [0.15, 0.2) is 47.6 Å². The van der Waals surface area contributed by atoms with E-state index in [1.54, 1.807) is 0 Å². The van der Waals surface area contributed by atoms with Gasteiger partial charge in [0.05, 0.1) is 17.6 Å². The van der Waals surface area contributed by atoms with Gasteiger partial charge in [-0.25, -0.2) is 5.43 Å². The van der Waals surface area contributed by atoms with Crippen molar-refractivity contribution in [3.05, 3.63) is 74.3 Å². The molecule has 0 spiro atoms. The summed E-state index contributed by atoms with van der Waals surface area (Å²) in [5.41, 5.74) is 4.79. The van der Waals surface area contributed by atoms with E-state index in [1.807, 2.05) is 24.3 Å². The Labute approximate surface area is 157 Å². The largest absolute Gasteiger partial charge is 0.273 e. The lowest BCUT2D eigenvalue weighted by molar-refractivity contribution is -0.384. The molecule has 2 rings (SSSR count). The summed E-state index contributed by atoms with van der Waals surface area (Å²) in [4.78, 5) is 22.2. The monoisotopic (exact) mass is 373 g/mol. The summed E-state index contributed by atoms with van der Waals surface area (Å²) >= 11 is 5.97. The van der Waals surface area contributed by atoms with Crippen LogP contribution in [0.25, 0.3) is 0 Å². The Balaban J connectivity index is 1.97. The number of nitro groups is 1. The zero-order valence-electron chi connectivity index (χ0n) is 14.8. The van der Waals surface area contributed by atoms with Crippen LogP contribution < -0.4 is 5.43 Å². The van der Waals surface area contributed by atoms with E-state index >= 15 is 0 Å². The van der Waals surface area contributed by atoms with E-state index in [4.69, 9.17) is 11.6 Å². The highest BCUT2D eigenvalue weighted by Gasteiger charge is 2.13. The molecule has 0 unspecified atom stereocenters. The Hall–Kier alpha value is -2.73. The van der Waals surface area contributed by atoms with Crippen molar-refractivity contribution in [2.24, 2.45) is 5.10 Å². The maximum absolute atomic E-state index is 12.0. The zero-order chi connectivity index (χ0) is 19.3. The Morgan fingerprint density at radius 3 is 2.46 bits per heavy atom. The third-order valence-corrected chi connectivity index (χ3v) is 4.11. The Morgan fingerprint density at radius 1 is 1.23 bits per heavy atom. The first kappa shape index (κ1) is 19.6. The number of rotatable bonds is 5. The van der Waals surface area contributed by atoms with Crippen LogP contribution in [-0.4, -0.2) is 17.0 Å². The van der Waals surface area contributed by atoms with Crippen molar-refractivity contribution in [1.82, 2.24) is 5.43 Å². The predicted molar refractivity (Wildman–Crippen MR) is 103 cm³/mol. The fraction of sp³-hybridized carbons (Fsp3) is 0.263. The van der Waals surface area contributed by atoms with Crippen molar-refractivity contribution in [2.45, 2.75) is 32.6 Å². The van der Waals surface area contributed by atoms with Gasteiger partial charge < -0.3 is 0 Å². The quantitative estimate of drug-likeness (QED) is 0.483. The maximum atomic E-state index is 12.0. The summed E-state index contributed by atoms with van der Waals surface area (Å²) in [6.45, 7) is 6.38. The number of hydrogen-bond acceptors (Lipinski definition) is 4. The summed E-state index contributed by atoms with van der Waals surface area (Å²) in [5.74, 6) is -0.286. The molecule has 26 heavy (non-hydrogen) atoms. The Bertz CT molecular complexity index is 840. The van der Waals surface area contributed by atoms with Crippen LogP contribution in [0.4, 0.5) is 5.69 Å². The van der Waals surface area contributed by atoms with Gasteiger partial charge in [0.1, 0.15) is 0 Å². The number of amides is 1. The SMILES string of the molecule is CC(C)(C)c1ccc(CC(=O)N/N=C\c2cc([N+](=O)[O-])ccc2Cl)cc1. The highest BCUT2D eigenvalue weighted by molar-refractivity contribution is 6.33. The van der Waals surface area contributed by atoms with Crippen molar-refractivity contribution < 1.29 is 9.72 Å². The van der Waals surface area contributed by atoms with Gasteiger partial charge in [-0.3, -0.25) is 14.9 Å². The van der Waals surface area contributed by atoms with Crippen LogP contribution in [0.1, 0.15) is 37.5 Å². The number of hydrazone groups is 1. The Kier molecular flexibility index (Phi) is 6.10. The molecular weight excluding hydrogens is 354 g/mol. The van der Waals surface area contributed by atoms with Crippen molar-refractivity contribution in [1.29, 1.82) is 0 Å². The van der Waals surface area contributed by atoms with E-state index in [9.17, 15) is 14.9 Å². The van der Waals surface area contributed by atoms with E-state index in [1.165, 1.54) is 30.0 Å². The fourth-order valence-corrected chi connectivity index (χ4v) is 2.43. The smallest absolute Gasteiger partial charge is 0.270 e. The predicted octanol–water partition coefficient (Wildman–Crippen LogP) is 4.24. The molecule has 0 aliphatic carbocycles. The second kappa shape index (κ2) is 8.10. The molecule has 0 aliphatic rings. The third kappa shape index (κ3) is 5.39. The van der Waals surface area contributed by atoms with Crippen LogP contribution in [0.3, 0.4) is 0 Å². The zero-order valence-corrected chi connectivity index (χ0v) is 15.6. The standard InChI is InChI=1S/C19H20ClN3O3/c1-19(2,3)15-6-4-13(5-7-15)10-18(24)22-21-12-14-11-16(23(25)26)8-9-17(14)20/h4-9,11-12H,10H2,1-3H3,(H,22,24)/b21-12-. The van der Waals surface area contributed by atoms with E-state index in [-0.39, 0.29) is 23.4 Å². The minimum absolute atomic E-state index is 0.0582. The molecule has 0 heterocycles. The number of nitrogens with zero attached hydrogens (tertiary/aromatic N) is 2. The molecule has 6 nitrogen and oxygen atoms in total. The van der Waals surface area contributed by atoms with Crippen LogP contribution in [0.5, 0.6) is 0 Å². The molecule has 0 bridgehead atoms. The number of halogens is 1. The molecule has 0 aliphatic heterocycles. The van der Waals surface area contributed by atoms with Crippen LogP contribution in [-0.2, 0) is 16.6 Å². The summed E-state index contributed by atoms with van der Waals surface area (Å²) in [6, 6.07) is 11.9.